The molecule has 0 radical (unpaired) electrons. The van der Waals surface area contributed by atoms with E-state index < -0.39 is 29.7 Å². The van der Waals surface area contributed by atoms with E-state index in [1.807, 2.05) is 5.32 Å². The molecule has 0 unspecified atom stereocenters. The van der Waals surface area contributed by atoms with Gasteiger partial charge >= 0.3 is 18.2 Å². The maximum Gasteiger partial charge on any atom is 0.471 e. The molecule has 0 saturated heterocycles. The lowest BCUT2D eigenvalue weighted by molar-refractivity contribution is -0.173. The zero-order chi connectivity index (χ0) is 28.6. The Morgan fingerprint density at radius 1 is 0.821 bits per heavy atom. The Hall–Kier alpha value is -4.68. The molecule has 0 saturated carbocycles. The summed E-state index contributed by atoms with van der Waals surface area (Å²) in [5.41, 5.74) is 1.36. The molecular weight excluding hydrogens is 517 g/mol. The van der Waals surface area contributed by atoms with Crippen LogP contribution < -0.4 is 21.3 Å². The number of aromatic nitrogens is 2. The van der Waals surface area contributed by atoms with Gasteiger partial charge in [0.1, 0.15) is 17.1 Å². The number of hydrogen-bond acceptors (Lipinski definition) is 7. The van der Waals surface area contributed by atoms with Crippen molar-refractivity contribution in [2.45, 2.75) is 45.6 Å². The number of amides is 3. The predicted molar refractivity (Wildman–Crippen MR) is 138 cm³/mol. The van der Waals surface area contributed by atoms with E-state index in [9.17, 15) is 27.6 Å². The molecule has 3 aromatic rings. The average Bonchev–Trinajstić information content (AvgIpc) is 2.86. The lowest BCUT2D eigenvalue weighted by Crippen LogP contribution is -2.36. The molecule has 0 fully saturated rings. The summed E-state index contributed by atoms with van der Waals surface area (Å²) in [6.07, 6.45) is -2.93. The summed E-state index contributed by atoms with van der Waals surface area (Å²) in [6.45, 7) is 5.30. The molecule has 2 aromatic carbocycles. The Morgan fingerprint density at radius 3 is 1.95 bits per heavy atom. The molecule has 0 bridgehead atoms. The van der Waals surface area contributed by atoms with E-state index in [0.717, 1.165) is 5.56 Å². The first kappa shape index (κ1) is 28.9. The molecule has 0 aliphatic rings. The molecule has 3 amide bonds. The van der Waals surface area contributed by atoms with Gasteiger partial charge in [-0.05, 0) is 44.0 Å². The number of carbonyl (C=O) groups is 3. The Bertz CT molecular complexity index is 1310. The minimum Gasteiger partial charge on any atom is -0.444 e. The number of rotatable bonds is 8. The van der Waals surface area contributed by atoms with Gasteiger partial charge in [-0.3, -0.25) is 14.9 Å². The summed E-state index contributed by atoms with van der Waals surface area (Å²) < 4.78 is 42.1. The lowest BCUT2D eigenvalue weighted by atomic mass is 10.1. The van der Waals surface area contributed by atoms with Crippen molar-refractivity contribution in [3.8, 4) is 0 Å². The normalized spacial score (nSPS) is 11.3. The molecule has 39 heavy (non-hydrogen) atoms. The molecule has 1 aromatic heterocycles. The number of halogens is 3. The van der Waals surface area contributed by atoms with Gasteiger partial charge in [-0.25, -0.2) is 14.8 Å². The fourth-order valence-electron chi connectivity index (χ4n) is 3.09. The van der Waals surface area contributed by atoms with Crippen molar-refractivity contribution >= 4 is 35.1 Å². The third kappa shape index (κ3) is 9.29. The Morgan fingerprint density at radius 2 is 1.41 bits per heavy atom. The standard InChI is InChI=1S/C26H27F3N6O4/c1-25(2,3)39-24(38)35-19-7-5-4-6-18(19)34-22(36)20-14-32-21(15-30-20)31-12-16-8-10-17(11-9-16)13-33-23(37)26(27,28)29/h4-11,14-15H,12-13H2,1-3H3,(H,31,32)(H,33,37)(H,34,36)(H,35,38). The molecule has 4 N–H and O–H groups in total. The summed E-state index contributed by atoms with van der Waals surface area (Å²) in [5, 5.41) is 10.1. The summed E-state index contributed by atoms with van der Waals surface area (Å²) in [6, 6.07) is 13.2. The number of alkyl halides is 3. The van der Waals surface area contributed by atoms with E-state index in [1.54, 1.807) is 69.3 Å². The van der Waals surface area contributed by atoms with Crippen LogP contribution in [0.15, 0.2) is 60.9 Å². The van der Waals surface area contributed by atoms with Crippen molar-refractivity contribution in [2.75, 3.05) is 16.0 Å². The van der Waals surface area contributed by atoms with Gasteiger partial charge in [-0.2, -0.15) is 13.2 Å². The summed E-state index contributed by atoms with van der Waals surface area (Å²) >= 11 is 0. The molecule has 0 spiro atoms. The van der Waals surface area contributed by atoms with Crippen LogP contribution in [0, 0.1) is 0 Å². The number of hydrogen-bond donors (Lipinski definition) is 4. The molecule has 13 heteroatoms. The minimum absolute atomic E-state index is 0.0397. The Labute approximate surface area is 222 Å². The largest absolute Gasteiger partial charge is 0.471 e. The van der Waals surface area contributed by atoms with Gasteiger partial charge in [0.05, 0.1) is 23.8 Å². The Kier molecular flexibility index (Phi) is 9.07. The second-order valence-corrected chi connectivity index (χ2v) is 9.26. The van der Waals surface area contributed by atoms with Gasteiger partial charge in [0, 0.05) is 13.1 Å². The number of para-hydroxylation sites is 2. The van der Waals surface area contributed by atoms with Crippen molar-refractivity contribution < 1.29 is 32.3 Å². The first-order chi connectivity index (χ1) is 18.3. The second kappa shape index (κ2) is 12.2. The van der Waals surface area contributed by atoms with Gasteiger partial charge < -0.3 is 20.7 Å². The van der Waals surface area contributed by atoms with Crippen LogP contribution in [-0.4, -0.2) is 39.7 Å². The number of benzene rings is 2. The van der Waals surface area contributed by atoms with Crippen molar-refractivity contribution in [3.05, 3.63) is 77.7 Å². The fraction of sp³-hybridized carbons (Fsp3) is 0.269. The van der Waals surface area contributed by atoms with E-state index in [-0.39, 0.29) is 12.2 Å². The van der Waals surface area contributed by atoms with Gasteiger partial charge in [-0.15, -0.1) is 0 Å². The zero-order valence-electron chi connectivity index (χ0n) is 21.3. The summed E-state index contributed by atoms with van der Waals surface area (Å²) in [7, 11) is 0. The van der Waals surface area contributed by atoms with Crippen LogP contribution in [-0.2, 0) is 22.6 Å². The van der Waals surface area contributed by atoms with Crippen LogP contribution in [0.4, 0.5) is 35.2 Å². The number of nitrogens with zero attached hydrogens (tertiary/aromatic N) is 2. The Balaban J connectivity index is 1.53. The van der Waals surface area contributed by atoms with Gasteiger partial charge in [0.15, 0.2) is 0 Å². The third-order valence-corrected chi connectivity index (χ3v) is 4.90. The molecule has 1 heterocycles. The summed E-state index contributed by atoms with van der Waals surface area (Å²) in [5.74, 6) is -2.15. The van der Waals surface area contributed by atoms with Crippen LogP contribution in [0.2, 0.25) is 0 Å². The van der Waals surface area contributed by atoms with Crippen LogP contribution in [0.1, 0.15) is 42.4 Å². The number of nitrogens with one attached hydrogen (secondary N) is 4. The molecule has 10 nitrogen and oxygen atoms in total. The molecular formula is C26H27F3N6O4. The topological polar surface area (TPSA) is 134 Å². The molecule has 0 atom stereocenters. The number of ether oxygens (including phenoxy) is 1. The number of carbonyl (C=O) groups excluding carboxylic acids is 3. The highest BCUT2D eigenvalue weighted by molar-refractivity contribution is 6.05. The number of anilines is 3. The van der Waals surface area contributed by atoms with Crippen molar-refractivity contribution in [1.29, 1.82) is 0 Å². The third-order valence-electron chi connectivity index (χ3n) is 4.90. The second-order valence-electron chi connectivity index (χ2n) is 9.26. The average molecular weight is 545 g/mol. The molecule has 0 aliphatic heterocycles. The van der Waals surface area contributed by atoms with Crippen molar-refractivity contribution in [1.82, 2.24) is 15.3 Å². The molecule has 0 aliphatic carbocycles. The predicted octanol–water partition coefficient (Wildman–Crippen LogP) is 4.87. The monoisotopic (exact) mass is 544 g/mol. The minimum atomic E-state index is -4.93. The molecule has 206 valence electrons. The van der Waals surface area contributed by atoms with E-state index in [1.165, 1.54) is 12.4 Å². The van der Waals surface area contributed by atoms with E-state index >= 15 is 0 Å². The summed E-state index contributed by atoms with van der Waals surface area (Å²) in [4.78, 5) is 44.0. The maximum absolute atomic E-state index is 12.7. The quantitative estimate of drug-likeness (QED) is 0.318. The van der Waals surface area contributed by atoms with Crippen LogP contribution in [0.5, 0.6) is 0 Å². The zero-order valence-corrected chi connectivity index (χ0v) is 21.3. The van der Waals surface area contributed by atoms with Gasteiger partial charge in [0.25, 0.3) is 5.91 Å². The SMILES string of the molecule is CC(C)(C)OC(=O)Nc1ccccc1NC(=O)c1cnc(NCc2ccc(CNC(=O)C(F)(F)F)cc2)cn1. The highest BCUT2D eigenvalue weighted by Crippen LogP contribution is 2.23. The first-order valence-corrected chi connectivity index (χ1v) is 11.7. The van der Waals surface area contributed by atoms with Gasteiger partial charge in [0.2, 0.25) is 0 Å². The van der Waals surface area contributed by atoms with Crippen molar-refractivity contribution in [2.24, 2.45) is 0 Å². The van der Waals surface area contributed by atoms with Crippen LogP contribution in [0.3, 0.4) is 0 Å². The van der Waals surface area contributed by atoms with Crippen LogP contribution >= 0.6 is 0 Å². The maximum atomic E-state index is 12.7. The van der Waals surface area contributed by atoms with Crippen LogP contribution in [0.25, 0.3) is 0 Å². The highest BCUT2D eigenvalue weighted by atomic mass is 19.4. The first-order valence-electron chi connectivity index (χ1n) is 11.7. The van der Waals surface area contributed by atoms with Crippen molar-refractivity contribution in [3.63, 3.8) is 0 Å². The van der Waals surface area contributed by atoms with E-state index in [0.29, 0.717) is 29.3 Å². The van der Waals surface area contributed by atoms with E-state index in [2.05, 4.69) is 25.9 Å². The lowest BCUT2D eigenvalue weighted by Gasteiger charge is -2.20. The smallest absolute Gasteiger partial charge is 0.444 e. The fourth-order valence-corrected chi connectivity index (χ4v) is 3.09. The van der Waals surface area contributed by atoms with Gasteiger partial charge in [-0.1, -0.05) is 36.4 Å². The highest BCUT2D eigenvalue weighted by Gasteiger charge is 2.38. The van der Waals surface area contributed by atoms with E-state index in [4.69, 9.17) is 4.74 Å². The molecule has 3 rings (SSSR count).